The van der Waals surface area contributed by atoms with Crippen LogP contribution >= 0.6 is 0 Å². The van der Waals surface area contributed by atoms with Gasteiger partial charge < -0.3 is 15.1 Å². The second kappa shape index (κ2) is 10.8. The SMILES string of the molecule is CCCN(CCC)C(=O)CN(CCO)CCC(=O)O. The summed E-state index contributed by atoms with van der Waals surface area (Å²) in [6.07, 6.45) is 1.79. The highest BCUT2D eigenvalue weighted by Crippen LogP contribution is 1.99. The van der Waals surface area contributed by atoms with Crippen molar-refractivity contribution in [3.05, 3.63) is 0 Å². The van der Waals surface area contributed by atoms with Crippen LogP contribution in [0, 0.1) is 0 Å². The van der Waals surface area contributed by atoms with E-state index in [-0.39, 0.29) is 32.0 Å². The van der Waals surface area contributed by atoms with Crippen LogP contribution in [0.5, 0.6) is 0 Å². The summed E-state index contributed by atoms with van der Waals surface area (Å²) in [6, 6.07) is 0. The highest BCUT2D eigenvalue weighted by atomic mass is 16.4. The van der Waals surface area contributed by atoms with Crippen molar-refractivity contribution in [1.82, 2.24) is 9.80 Å². The maximum absolute atomic E-state index is 12.1. The number of aliphatic carboxylic acids is 1. The Morgan fingerprint density at radius 2 is 1.58 bits per heavy atom. The van der Waals surface area contributed by atoms with Crippen molar-refractivity contribution in [2.24, 2.45) is 0 Å². The minimum Gasteiger partial charge on any atom is -0.481 e. The van der Waals surface area contributed by atoms with Gasteiger partial charge in [-0.2, -0.15) is 0 Å². The molecular formula is C13H26N2O4. The van der Waals surface area contributed by atoms with Crippen LogP contribution in [0.4, 0.5) is 0 Å². The fourth-order valence-corrected chi connectivity index (χ4v) is 1.86. The molecule has 2 N–H and O–H groups in total. The van der Waals surface area contributed by atoms with Crippen LogP contribution in [-0.4, -0.2) is 71.2 Å². The second-order valence-corrected chi connectivity index (χ2v) is 4.52. The zero-order chi connectivity index (χ0) is 14.7. The van der Waals surface area contributed by atoms with Crippen molar-refractivity contribution in [2.45, 2.75) is 33.1 Å². The van der Waals surface area contributed by atoms with Gasteiger partial charge in [-0.15, -0.1) is 0 Å². The van der Waals surface area contributed by atoms with Crippen LogP contribution in [0.15, 0.2) is 0 Å². The highest BCUT2D eigenvalue weighted by molar-refractivity contribution is 5.78. The van der Waals surface area contributed by atoms with Gasteiger partial charge in [-0.05, 0) is 12.8 Å². The van der Waals surface area contributed by atoms with E-state index in [0.717, 1.165) is 25.9 Å². The molecule has 0 radical (unpaired) electrons. The number of rotatable bonds is 11. The maximum Gasteiger partial charge on any atom is 0.304 e. The molecule has 0 saturated heterocycles. The van der Waals surface area contributed by atoms with E-state index in [9.17, 15) is 9.59 Å². The Balaban J connectivity index is 4.35. The van der Waals surface area contributed by atoms with E-state index in [1.54, 1.807) is 9.80 Å². The number of carboxylic acids is 1. The van der Waals surface area contributed by atoms with Crippen molar-refractivity contribution >= 4 is 11.9 Å². The second-order valence-electron chi connectivity index (χ2n) is 4.52. The normalized spacial score (nSPS) is 10.7. The van der Waals surface area contributed by atoms with Crippen molar-refractivity contribution < 1.29 is 19.8 Å². The first kappa shape index (κ1) is 17.9. The van der Waals surface area contributed by atoms with E-state index in [4.69, 9.17) is 10.2 Å². The van der Waals surface area contributed by atoms with E-state index < -0.39 is 5.97 Å². The molecule has 0 bridgehead atoms. The zero-order valence-corrected chi connectivity index (χ0v) is 12.0. The number of hydrogen-bond acceptors (Lipinski definition) is 4. The molecule has 0 heterocycles. The molecule has 0 aromatic rings. The molecule has 112 valence electrons. The summed E-state index contributed by atoms with van der Waals surface area (Å²) < 4.78 is 0. The highest BCUT2D eigenvalue weighted by Gasteiger charge is 2.16. The van der Waals surface area contributed by atoms with Gasteiger partial charge in [-0.1, -0.05) is 13.8 Å². The van der Waals surface area contributed by atoms with Gasteiger partial charge in [-0.25, -0.2) is 0 Å². The maximum atomic E-state index is 12.1. The van der Waals surface area contributed by atoms with E-state index in [2.05, 4.69) is 0 Å². The fourth-order valence-electron chi connectivity index (χ4n) is 1.86. The molecule has 0 spiro atoms. The zero-order valence-electron chi connectivity index (χ0n) is 12.0. The third-order valence-electron chi connectivity index (χ3n) is 2.76. The van der Waals surface area contributed by atoms with E-state index >= 15 is 0 Å². The van der Waals surface area contributed by atoms with Crippen LogP contribution in [0.25, 0.3) is 0 Å². The van der Waals surface area contributed by atoms with Crippen LogP contribution in [0.2, 0.25) is 0 Å². The van der Waals surface area contributed by atoms with Crippen LogP contribution in [0.3, 0.4) is 0 Å². The number of aliphatic hydroxyl groups is 1. The molecule has 6 nitrogen and oxygen atoms in total. The molecule has 0 fully saturated rings. The van der Waals surface area contributed by atoms with Gasteiger partial charge in [0, 0.05) is 26.2 Å². The van der Waals surface area contributed by atoms with Crippen molar-refractivity contribution in [3.8, 4) is 0 Å². The van der Waals surface area contributed by atoms with Gasteiger partial charge in [-0.3, -0.25) is 14.5 Å². The first-order chi connectivity index (χ1) is 9.04. The number of aliphatic hydroxyl groups excluding tert-OH is 1. The molecule has 1 amide bonds. The first-order valence-corrected chi connectivity index (χ1v) is 6.87. The van der Waals surface area contributed by atoms with Crippen LogP contribution < -0.4 is 0 Å². The summed E-state index contributed by atoms with van der Waals surface area (Å²) in [7, 11) is 0. The quantitative estimate of drug-likeness (QED) is 0.570. The Morgan fingerprint density at radius 3 is 2.00 bits per heavy atom. The molecule has 0 aliphatic carbocycles. The summed E-state index contributed by atoms with van der Waals surface area (Å²) in [4.78, 5) is 26.1. The lowest BCUT2D eigenvalue weighted by molar-refractivity contribution is -0.138. The Hall–Kier alpha value is -1.14. The van der Waals surface area contributed by atoms with E-state index in [1.807, 2.05) is 13.8 Å². The Labute approximate surface area is 115 Å². The minimum atomic E-state index is -0.894. The molecule has 0 saturated carbocycles. The van der Waals surface area contributed by atoms with Gasteiger partial charge in [0.05, 0.1) is 19.6 Å². The molecule has 0 rings (SSSR count). The smallest absolute Gasteiger partial charge is 0.304 e. The average molecular weight is 274 g/mol. The van der Waals surface area contributed by atoms with E-state index in [0.29, 0.717) is 6.54 Å². The van der Waals surface area contributed by atoms with Gasteiger partial charge in [0.1, 0.15) is 0 Å². The van der Waals surface area contributed by atoms with Crippen LogP contribution in [-0.2, 0) is 9.59 Å². The monoisotopic (exact) mass is 274 g/mol. The molecule has 0 aromatic carbocycles. The number of carbonyl (C=O) groups excluding carboxylic acids is 1. The third kappa shape index (κ3) is 8.56. The summed E-state index contributed by atoms with van der Waals surface area (Å²) in [5.41, 5.74) is 0. The number of amides is 1. The summed E-state index contributed by atoms with van der Waals surface area (Å²) in [5, 5.41) is 17.6. The van der Waals surface area contributed by atoms with Crippen LogP contribution in [0.1, 0.15) is 33.1 Å². The molecule has 0 aliphatic heterocycles. The first-order valence-electron chi connectivity index (χ1n) is 6.87. The summed E-state index contributed by atoms with van der Waals surface area (Å²) >= 11 is 0. The predicted octanol–water partition coefficient (Wildman–Crippen LogP) is 0.404. The predicted molar refractivity (Wildman–Crippen MR) is 72.9 cm³/mol. The van der Waals surface area contributed by atoms with Crippen molar-refractivity contribution in [2.75, 3.05) is 39.3 Å². The fraction of sp³-hybridized carbons (Fsp3) is 0.846. The minimum absolute atomic E-state index is 0.00235. The number of carbonyl (C=O) groups is 2. The number of carboxylic acid groups (broad SMARTS) is 1. The van der Waals surface area contributed by atoms with Crippen molar-refractivity contribution in [1.29, 1.82) is 0 Å². The third-order valence-corrected chi connectivity index (χ3v) is 2.76. The molecule has 0 aromatic heterocycles. The van der Waals surface area contributed by atoms with Gasteiger partial charge in [0.15, 0.2) is 0 Å². The Morgan fingerprint density at radius 1 is 1.00 bits per heavy atom. The Kier molecular flexibility index (Phi) is 10.1. The van der Waals surface area contributed by atoms with E-state index in [1.165, 1.54) is 0 Å². The van der Waals surface area contributed by atoms with Crippen molar-refractivity contribution in [3.63, 3.8) is 0 Å². The number of nitrogens with zero attached hydrogens (tertiary/aromatic N) is 2. The Bertz CT molecular complexity index is 265. The van der Waals surface area contributed by atoms with Gasteiger partial charge >= 0.3 is 5.97 Å². The molecule has 0 aliphatic rings. The summed E-state index contributed by atoms with van der Waals surface area (Å²) in [5.74, 6) is -0.892. The summed E-state index contributed by atoms with van der Waals surface area (Å²) in [6.45, 7) is 6.19. The lowest BCUT2D eigenvalue weighted by Gasteiger charge is -2.26. The average Bonchev–Trinajstić information content (AvgIpc) is 2.35. The largest absolute Gasteiger partial charge is 0.481 e. The lowest BCUT2D eigenvalue weighted by Crippen LogP contribution is -2.42. The molecule has 19 heavy (non-hydrogen) atoms. The van der Waals surface area contributed by atoms with Gasteiger partial charge in [0.25, 0.3) is 0 Å². The standard InChI is InChI=1S/C13H26N2O4/c1-3-6-15(7-4-2)12(17)11-14(9-10-16)8-5-13(18)19/h16H,3-11H2,1-2H3,(H,18,19). The molecular weight excluding hydrogens is 248 g/mol. The topological polar surface area (TPSA) is 81.1 Å². The molecule has 0 atom stereocenters. The molecule has 0 unspecified atom stereocenters. The lowest BCUT2D eigenvalue weighted by atomic mass is 10.3. The molecule has 6 heteroatoms. The van der Waals surface area contributed by atoms with Gasteiger partial charge in [0.2, 0.25) is 5.91 Å². The number of hydrogen-bond donors (Lipinski definition) is 2.